The second-order valence-electron chi connectivity index (χ2n) is 6.63. The lowest BCUT2D eigenvalue weighted by Crippen LogP contribution is -2.38. The van der Waals surface area contributed by atoms with Crippen molar-refractivity contribution in [2.75, 3.05) is 33.9 Å². The summed E-state index contributed by atoms with van der Waals surface area (Å²) in [4.78, 5) is 10.9. The van der Waals surface area contributed by atoms with Crippen molar-refractivity contribution in [1.29, 1.82) is 0 Å². The van der Waals surface area contributed by atoms with E-state index >= 15 is 0 Å². The van der Waals surface area contributed by atoms with Crippen LogP contribution in [0.1, 0.15) is 0 Å². The van der Waals surface area contributed by atoms with Gasteiger partial charge < -0.3 is 14.7 Å². The number of alkyl halides is 3. The van der Waals surface area contributed by atoms with Crippen LogP contribution < -0.4 is 0 Å². The first kappa shape index (κ1) is 22.5. The number of carboxylic acids is 1. The molecule has 3 atom stereocenters. The predicted molar refractivity (Wildman–Crippen MR) is 89.6 cm³/mol. The topological polar surface area (TPSA) is 87.2 Å². The summed E-state index contributed by atoms with van der Waals surface area (Å²) in [6.07, 6.45) is -5.08. The van der Waals surface area contributed by atoms with Gasteiger partial charge in [0.2, 0.25) is 10.0 Å². The number of ether oxygens (including phenoxy) is 1. The van der Waals surface area contributed by atoms with Gasteiger partial charge in [0, 0.05) is 18.5 Å². The van der Waals surface area contributed by atoms with E-state index < -0.39 is 28.0 Å². The molecule has 0 bridgehead atoms. The predicted octanol–water partition coefficient (Wildman–Crippen LogP) is 1.41. The Morgan fingerprint density at radius 2 is 1.89 bits per heavy atom. The first-order valence-corrected chi connectivity index (χ1v) is 9.61. The molecule has 7 nitrogen and oxygen atoms in total. The zero-order chi connectivity index (χ0) is 21.3. The highest BCUT2D eigenvalue weighted by Gasteiger charge is 2.50. The number of hydrogen-bond donors (Lipinski definition) is 1. The van der Waals surface area contributed by atoms with Crippen molar-refractivity contribution in [3.05, 3.63) is 30.1 Å². The third-order valence-electron chi connectivity index (χ3n) is 4.63. The number of likely N-dealkylation sites (N-methyl/N-ethyl adjacent to an activating group) is 1. The minimum atomic E-state index is -5.08. The van der Waals surface area contributed by atoms with Crippen molar-refractivity contribution in [1.82, 2.24) is 9.21 Å². The SMILES string of the molecule is CN(C)[C@@H]1CN(S(=O)(=O)c2cccc(F)c2)[C@@H]2COC[C@H]12.O=C(O)C(F)(F)F. The minimum absolute atomic E-state index is 0.00700. The van der Waals surface area contributed by atoms with Crippen molar-refractivity contribution in [2.45, 2.75) is 23.2 Å². The van der Waals surface area contributed by atoms with Crippen molar-refractivity contribution >= 4 is 16.0 Å². The molecule has 3 rings (SSSR count). The Morgan fingerprint density at radius 3 is 2.39 bits per heavy atom. The van der Waals surface area contributed by atoms with Crippen molar-refractivity contribution in [3.63, 3.8) is 0 Å². The fraction of sp³-hybridized carbons (Fsp3) is 0.562. The van der Waals surface area contributed by atoms with Gasteiger partial charge in [-0.15, -0.1) is 0 Å². The normalized spacial score (nSPS) is 25.3. The van der Waals surface area contributed by atoms with E-state index in [4.69, 9.17) is 14.6 Å². The fourth-order valence-electron chi connectivity index (χ4n) is 3.26. The average Bonchev–Trinajstić information content (AvgIpc) is 3.16. The lowest BCUT2D eigenvalue weighted by atomic mass is 9.99. The van der Waals surface area contributed by atoms with Crippen molar-refractivity contribution < 1.29 is 40.6 Å². The highest BCUT2D eigenvalue weighted by molar-refractivity contribution is 7.89. The van der Waals surface area contributed by atoms with Gasteiger partial charge in [0.15, 0.2) is 0 Å². The van der Waals surface area contributed by atoms with Crippen LogP contribution in [0.5, 0.6) is 0 Å². The number of rotatable bonds is 3. The molecule has 2 aliphatic heterocycles. The number of carbonyl (C=O) groups is 1. The zero-order valence-electron chi connectivity index (χ0n) is 15.1. The van der Waals surface area contributed by atoms with E-state index in [1.54, 1.807) is 0 Å². The summed E-state index contributed by atoms with van der Waals surface area (Å²) < 4.78 is 77.6. The summed E-state index contributed by atoms with van der Waals surface area (Å²) in [6, 6.07) is 5.14. The molecule has 2 aliphatic rings. The second-order valence-corrected chi connectivity index (χ2v) is 8.53. The number of nitrogens with zero attached hydrogens (tertiary/aromatic N) is 2. The molecule has 12 heteroatoms. The summed E-state index contributed by atoms with van der Waals surface area (Å²) in [6.45, 7) is 1.40. The number of fused-ring (bicyclic) bond motifs is 1. The van der Waals surface area contributed by atoms with Crippen LogP contribution in [0, 0.1) is 11.7 Å². The standard InChI is InChI=1S/C14H19FN2O3S.C2HF3O2/c1-16(2)13-7-17(14-9-20-8-12(13)14)21(18,19)11-5-3-4-10(15)6-11;3-2(4,5)1(6)7/h3-6,12-14H,7-9H2,1-2H3;(H,6,7)/t12-,13-,14-;/m1./s1. The molecule has 1 N–H and O–H groups in total. The Labute approximate surface area is 159 Å². The van der Waals surface area contributed by atoms with E-state index in [1.165, 1.54) is 22.5 Å². The molecule has 0 aromatic heterocycles. The van der Waals surface area contributed by atoms with E-state index in [-0.39, 0.29) is 22.9 Å². The molecule has 0 amide bonds. The van der Waals surface area contributed by atoms with Gasteiger partial charge in [0.25, 0.3) is 0 Å². The maximum absolute atomic E-state index is 13.3. The van der Waals surface area contributed by atoms with Gasteiger partial charge >= 0.3 is 12.1 Å². The largest absolute Gasteiger partial charge is 0.490 e. The van der Waals surface area contributed by atoms with Crippen LogP contribution in [-0.2, 0) is 19.6 Å². The number of aliphatic carboxylic acids is 1. The van der Waals surface area contributed by atoms with Crippen molar-refractivity contribution in [2.24, 2.45) is 5.92 Å². The van der Waals surface area contributed by atoms with Crippen LogP contribution >= 0.6 is 0 Å². The molecule has 2 heterocycles. The van der Waals surface area contributed by atoms with Crippen LogP contribution in [0.2, 0.25) is 0 Å². The summed E-state index contributed by atoms with van der Waals surface area (Å²) in [5.41, 5.74) is 0. The fourth-order valence-corrected chi connectivity index (χ4v) is 4.97. The minimum Gasteiger partial charge on any atom is -0.475 e. The van der Waals surface area contributed by atoms with Gasteiger partial charge in [-0.3, -0.25) is 0 Å². The smallest absolute Gasteiger partial charge is 0.475 e. The van der Waals surface area contributed by atoms with Gasteiger partial charge in [-0.1, -0.05) is 6.07 Å². The molecule has 2 saturated heterocycles. The molecule has 2 fully saturated rings. The zero-order valence-corrected chi connectivity index (χ0v) is 15.9. The molecule has 28 heavy (non-hydrogen) atoms. The maximum Gasteiger partial charge on any atom is 0.490 e. The Morgan fingerprint density at radius 1 is 1.29 bits per heavy atom. The highest BCUT2D eigenvalue weighted by Crippen LogP contribution is 2.36. The Kier molecular flexibility index (Phi) is 6.69. The van der Waals surface area contributed by atoms with Crippen LogP contribution in [0.15, 0.2) is 29.2 Å². The third kappa shape index (κ3) is 4.80. The van der Waals surface area contributed by atoms with E-state index in [9.17, 15) is 26.0 Å². The highest BCUT2D eigenvalue weighted by atomic mass is 32.2. The lowest BCUT2D eigenvalue weighted by molar-refractivity contribution is -0.192. The summed E-state index contributed by atoms with van der Waals surface area (Å²) >= 11 is 0. The summed E-state index contributed by atoms with van der Waals surface area (Å²) in [7, 11) is 0.190. The molecule has 1 aromatic carbocycles. The van der Waals surface area contributed by atoms with E-state index in [0.717, 1.165) is 6.07 Å². The van der Waals surface area contributed by atoms with Gasteiger partial charge in [0.1, 0.15) is 5.82 Å². The second kappa shape index (κ2) is 8.31. The first-order chi connectivity index (χ1) is 12.9. The number of hydrogen-bond acceptors (Lipinski definition) is 5. The molecule has 1 aromatic rings. The Bertz CT molecular complexity index is 815. The maximum atomic E-state index is 13.3. The van der Waals surface area contributed by atoms with Gasteiger partial charge in [0.05, 0.1) is 24.2 Å². The Hall–Kier alpha value is -1.76. The first-order valence-electron chi connectivity index (χ1n) is 8.17. The van der Waals surface area contributed by atoms with Crippen molar-refractivity contribution in [3.8, 4) is 0 Å². The third-order valence-corrected chi connectivity index (χ3v) is 6.52. The number of halogens is 4. The monoisotopic (exact) mass is 428 g/mol. The molecule has 0 spiro atoms. The van der Waals surface area contributed by atoms with E-state index in [0.29, 0.717) is 19.8 Å². The molecule has 0 saturated carbocycles. The van der Waals surface area contributed by atoms with Crippen LogP contribution in [0.25, 0.3) is 0 Å². The van der Waals surface area contributed by atoms with E-state index in [1.807, 2.05) is 19.0 Å². The van der Waals surface area contributed by atoms with Crippen LogP contribution in [0.4, 0.5) is 17.6 Å². The molecular weight excluding hydrogens is 408 g/mol. The lowest BCUT2D eigenvalue weighted by Gasteiger charge is -2.23. The van der Waals surface area contributed by atoms with Gasteiger partial charge in [-0.05, 0) is 32.3 Å². The molecule has 158 valence electrons. The van der Waals surface area contributed by atoms with Gasteiger partial charge in [-0.2, -0.15) is 17.5 Å². The van der Waals surface area contributed by atoms with Crippen LogP contribution in [0.3, 0.4) is 0 Å². The molecule has 0 radical (unpaired) electrons. The molecular formula is C16H20F4N2O5S. The summed E-state index contributed by atoms with van der Waals surface area (Å²) in [5, 5.41) is 7.12. The summed E-state index contributed by atoms with van der Waals surface area (Å²) in [5.74, 6) is -3.13. The van der Waals surface area contributed by atoms with Gasteiger partial charge in [-0.25, -0.2) is 17.6 Å². The number of sulfonamides is 1. The number of benzene rings is 1. The molecule has 0 unspecified atom stereocenters. The quantitative estimate of drug-likeness (QED) is 0.733. The van der Waals surface area contributed by atoms with E-state index in [2.05, 4.69) is 0 Å². The van der Waals surface area contributed by atoms with Crippen LogP contribution in [-0.4, -0.2) is 80.8 Å². The average molecular weight is 428 g/mol. The Balaban J connectivity index is 0.000000345. The number of carboxylic acid groups (broad SMARTS) is 1. The molecule has 0 aliphatic carbocycles.